The summed E-state index contributed by atoms with van der Waals surface area (Å²) >= 11 is 0. The van der Waals surface area contributed by atoms with Gasteiger partial charge in [-0.25, -0.2) is 0 Å². The Morgan fingerprint density at radius 1 is 0.931 bits per heavy atom. The van der Waals surface area contributed by atoms with E-state index >= 15 is 0 Å². The lowest BCUT2D eigenvalue weighted by molar-refractivity contribution is 0.102. The van der Waals surface area contributed by atoms with Gasteiger partial charge in [-0.15, -0.1) is 0 Å². The zero-order valence-corrected chi connectivity index (χ0v) is 16.1. The molecule has 1 aromatic heterocycles. The van der Waals surface area contributed by atoms with Gasteiger partial charge in [-0.3, -0.25) is 9.59 Å². The number of carbonyl (C=O) groups excluding carboxylic acids is 1. The van der Waals surface area contributed by atoms with Gasteiger partial charge in [0.2, 0.25) is 0 Å². The van der Waals surface area contributed by atoms with Gasteiger partial charge < -0.3 is 14.5 Å². The predicted octanol–water partition coefficient (Wildman–Crippen LogP) is 5.03. The molecule has 5 heteroatoms. The molecule has 0 aliphatic rings. The molecule has 1 amide bonds. The number of aryl methyl sites for hydroxylation is 1. The number of nitrogens with one attached hydrogen (secondary N) is 1. The van der Waals surface area contributed by atoms with Gasteiger partial charge in [0.25, 0.3) is 5.91 Å². The molecule has 0 spiro atoms. The van der Waals surface area contributed by atoms with Crippen molar-refractivity contribution in [1.29, 1.82) is 0 Å². The molecule has 0 radical (unpaired) electrons. The van der Waals surface area contributed by atoms with Gasteiger partial charge in [-0.1, -0.05) is 17.7 Å². The molecule has 29 heavy (non-hydrogen) atoms. The Morgan fingerprint density at radius 2 is 1.66 bits per heavy atom. The van der Waals surface area contributed by atoms with Crippen LogP contribution in [0.5, 0.6) is 5.75 Å². The summed E-state index contributed by atoms with van der Waals surface area (Å²) in [5, 5.41) is 3.30. The second kappa shape index (κ2) is 7.64. The topological polar surface area (TPSA) is 68.5 Å². The van der Waals surface area contributed by atoms with Crippen LogP contribution in [-0.4, -0.2) is 13.0 Å². The fourth-order valence-electron chi connectivity index (χ4n) is 3.04. The standard InChI is InChI=1S/C24H19NO4/c1-15-3-5-17(6-4-15)24(27)25-18-9-12-20-21(26)14-22(29-23(20)13-18)16-7-10-19(28-2)11-8-16/h3-14H,1-2H3,(H,25,27). The molecule has 144 valence electrons. The SMILES string of the molecule is COc1ccc(-c2cc(=O)c3ccc(NC(=O)c4ccc(C)cc4)cc3o2)cc1. The molecule has 5 nitrogen and oxygen atoms in total. The minimum Gasteiger partial charge on any atom is -0.497 e. The molecule has 4 rings (SSSR count). The molecule has 4 aromatic rings. The molecular formula is C24H19NO4. The smallest absolute Gasteiger partial charge is 0.255 e. The number of amides is 1. The Kier molecular flexibility index (Phi) is 4.87. The van der Waals surface area contributed by atoms with Gasteiger partial charge in [0.15, 0.2) is 5.43 Å². The summed E-state index contributed by atoms with van der Waals surface area (Å²) in [6, 6.07) is 21.0. The molecule has 0 bridgehead atoms. The fraction of sp³-hybridized carbons (Fsp3) is 0.0833. The zero-order chi connectivity index (χ0) is 20.4. The second-order valence-electron chi connectivity index (χ2n) is 6.73. The van der Waals surface area contributed by atoms with Gasteiger partial charge in [0, 0.05) is 28.9 Å². The highest BCUT2D eigenvalue weighted by atomic mass is 16.5. The van der Waals surface area contributed by atoms with E-state index in [4.69, 9.17) is 9.15 Å². The van der Waals surface area contributed by atoms with Crippen molar-refractivity contribution in [1.82, 2.24) is 0 Å². The van der Waals surface area contributed by atoms with E-state index in [1.165, 1.54) is 6.07 Å². The molecule has 3 aromatic carbocycles. The summed E-state index contributed by atoms with van der Waals surface area (Å²) in [6.45, 7) is 1.97. The summed E-state index contributed by atoms with van der Waals surface area (Å²) in [6.07, 6.45) is 0. The molecule has 0 fully saturated rings. The van der Waals surface area contributed by atoms with Crippen molar-refractivity contribution in [3.63, 3.8) is 0 Å². The number of anilines is 1. The highest BCUT2D eigenvalue weighted by Gasteiger charge is 2.10. The lowest BCUT2D eigenvalue weighted by Crippen LogP contribution is -2.12. The van der Waals surface area contributed by atoms with E-state index in [9.17, 15) is 9.59 Å². The third-order valence-corrected chi connectivity index (χ3v) is 4.68. The van der Waals surface area contributed by atoms with Gasteiger partial charge in [0.1, 0.15) is 17.1 Å². The van der Waals surface area contributed by atoms with Crippen LogP contribution in [0.15, 0.2) is 82.0 Å². The summed E-state index contributed by atoms with van der Waals surface area (Å²) < 4.78 is 11.1. The van der Waals surface area contributed by atoms with Crippen LogP contribution < -0.4 is 15.5 Å². The molecule has 0 saturated carbocycles. The number of carbonyl (C=O) groups is 1. The Bertz CT molecular complexity index is 1240. The van der Waals surface area contributed by atoms with Gasteiger partial charge in [0.05, 0.1) is 12.5 Å². The first-order valence-corrected chi connectivity index (χ1v) is 9.14. The van der Waals surface area contributed by atoms with E-state index in [0.717, 1.165) is 16.9 Å². The number of fused-ring (bicyclic) bond motifs is 1. The van der Waals surface area contributed by atoms with Crippen molar-refractivity contribution in [2.45, 2.75) is 6.92 Å². The van der Waals surface area contributed by atoms with Crippen molar-refractivity contribution < 1.29 is 13.9 Å². The van der Waals surface area contributed by atoms with E-state index in [-0.39, 0.29) is 11.3 Å². The second-order valence-corrected chi connectivity index (χ2v) is 6.73. The Balaban J connectivity index is 1.67. The third kappa shape index (κ3) is 3.89. The number of rotatable bonds is 4. The number of methoxy groups -OCH3 is 1. The van der Waals surface area contributed by atoms with Crippen molar-refractivity contribution in [3.8, 4) is 17.1 Å². The number of hydrogen-bond donors (Lipinski definition) is 1. The average Bonchev–Trinajstić information content (AvgIpc) is 2.74. The molecule has 0 unspecified atom stereocenters. The van der Waals surface area contributed by atoms with E-state index in [1.807, 2.05) is 31.2 Å². The van der Waals surface area contributed by atoms with E-state index in [0.29, 0.717) is 28.0 Å². The molecule has 0 aliphatic carbocycles. The highest BCUT2D eigenvalue weighted by Crippen LogP contribution is 2.26. The minimum absolute atomic E-state index is 0.145. The van der Waals surface area contributed by atoms with Crippen LogP contribution in [0.3, 0.4) is 0 Å². The van der Waals surface area contributed by atoms with Crippen molar-refractivity contribution in [2.75, 3.05) is 12.4 Å². The predicted molar refractivity (Wildman–Crippen MR) is 114 cm³/mol. The van der Waals surface area contributed by atoms with E-state index < -0.39 is 0 Å². The summed E-state index contributed by atoms with van der Waals surface area (Å²) in [5.74, 6) is 0.947. The average molecular weight is 385 g/mol. The van der Waals surface area contributed by atoms with Crippen LogP contribution in [0, 0.1) is 6.92 Å². The number of ether oxygens (including phenoxy) is 1. The summed E-state index contributed by atoms with van der Waals surface area (Å²) in [7, 11) is 1.59. The number of hydrogen-bond acceptors (Lipinski definition) is 4. The van der Waals surface area contributed by atoms with Crippen molar-refractivity contribution in [3.05, 3.63) is 94.1 Å². The van der Waals surface area contributed by atoms with Crippen LogP contribution in [0.1, 0.15) is 15.9 Å². The van der Waals surface area contributed by atoms with Crippen LogP contribution >= 0.6 is 0 Å². The van der Waals surface area contributed by atoms with Gasteiger partial charge in [-0.2, -0.15) is 0 Å². The highest BCUT2D eigenvalue weighted by molar-refractivity contribution is 6.05. The monoisotopic (exact) mass is 385 g/mol. The maximum atomic E-state index is 12.5. The summed E-state index contributed by atoms with van der Waals surface area (Å²) in [4.78, 5) is 25.0. The first-order chi connectivity index (χ1) is 14.0. The largest absolute Gasteiger partial charge is 0.497 e. The van der Waals surface area contributed by atoms with Gasteiger partial charge in [-0.05, 0) is 55.5 Å². The lowest BCUT2D eigenvalue weighted by Gasteiger charge is -2.08. The van der Waals surface area contributed by atoms with Crippen molar-refractivity contribution in [2.24, 2.45) is 0 Å². The zero-order valence-electron chi connectivity index (χ0n) is 16.1. The quantitative estimate of drug-likeness (QED) is 0.535. The normalized spacial score (nSPS) is 10.7. The number of benzene rings is 3. The Hall–Kier alpha value is -3.86. The minimum atomic E-state index is -0.224. The van der Waals surface area contributed by atoms with E-state index in [2.05, 4.69) is 5.32 Å². The van der Waals surface area contributed by atoms with Crippen LogP contribution in [-0.2, 0) is 0 Å². The van der Waals surface area contributed by atoms with Crippen LogP contribution in [0.25, 0.3) is 22.3 Å². The Morgan fingerprint density at radius 3 is 2.34 bits per heavy atom. The van der Waals surface area contributed by atoms with Crippen LogP contribution in [0.2, 0.25) is 0 Å². The van der Waals surface area contributed by atoms with Crippen molar-refractivity contribution >= 4 is 22.6 Å². The fourth-order valence-corrected chi connectivity index (χ4v) is 3.04. The summed E-state index contributed by atoms with van der Waals surface area (Å²) in [5.41, 5.74) is 3.22. The Labute approximate surface area is 167 Å². The maximum absolute atomic E-state index is 12.5. The molecular weight excluding hydrogens is 366 g/mol. The third-order valence-electron chi connectivity index (χ3n) is 4.68. The lowest BCUT2D eigenvalue weighted by atomic mass is 10.1. The first-order valence-electron chi connectivity index (χ1n) is 9.14. The molecule has 0 atom stereocenters. The maximum Gasteiger partial charge on any atom is 0.255 e. The molecule has 0 saturated heterocycles. The molecule has 1 N–H and O–H groups in total. The molecule has 0 aliphatic heterocycles. The molecule has 1 heterocycles. The van der Waals surface area contributed by atoms with Gasteiger partial charge >= 0.3 is 0 Å². The van der Waals surface area contributed by atoms with Crippen LogP contribution in [0.4, 0.5) is 5.69 Å². The van der Waals surface area contributed by atoms with E-state index in [1.54, 1.807) is 49.6 Å². The first kappa shape index (κ1) is 18.5.